The molecule has 2 aromatic heterocycles. The van der Waals surface area contributed by atoms with Gasteiger partial charge >= 0.3 is 0 Å². The van der Waals surface area contributed by atoms with E-state index in [-0.39, 0.29) is 17.5 Å². The van der Waals surface area contributed by atoms with Crippen LogP contribution in [0, 0.1) is 11.6 Å². The maximum Gasteiger partial charge on any atom is 0.235 e. The standard InChI is InChI=1S/C22H19F2N5OS/c1-14(22(30)28(2)12-15-4-3-5-17(24)10-15)31-21-19-11-27-29(20(19)25-13-26-21)18-8-6-16(23)7-9-18/h3-11,13-14H,12H2,1-2H3. The number of nitrogens with zero attached hydrogens (tertiary/aromatic N) is 5. The van der Waals surface area contributed by atoms with Gasteiger partial charge in [0.25, 0.3) is 0 Å². The molecular formula is C22H19F2N5OS. The van der Waals surface area contributed by atoms with Gasteiger partial charge in [0.05, 0.1) is 22.5 Å². The summed E-state index contributed by atoms with van der Waals surface area (Å²) in [5.41, 5.74) is 1.96. The number of halogens is 2. The summed E-state index contributed by atoms with van der Waals surface area (Å²) in [5.74, 6) is -0.768. The monoisotopic (exact) mass is 439 g/mol. The fourth-order valence-electron chi connectivity index (χ4n) is 3.20. The van der Waals surface area contributed by atoms with E-state index in [9.17, 15) is 13.6 Å². The molecule has 0 aliphatic carbocycles. The maximum atomic E-state index is 13.4. The second kappa shape index (κ2) is 8.81. The molecule has 1 atom stereocenters. The number of carbonyl (C=O) groups excluding carboxylic acids is 1. The van der Waals surface area contributed by atoms with E-state index in [1.54, 1.807) is 54.0 Å². The Labute approximate surface area is 181 Å². The Hall–Kier alpha value is -3.33. The molecule has 0 bridgehead atoms. The maximum absolute atomic E-state index is 13.4. The molecule has 158 valence electrons. The van der Waals surface area contributed by atoms with Crippen molar-refractivity contribution in [1.29, 1.82) is 0 Å². The van der Waals surface area contributed by atoms with Crippen molar-refractivity contribution in [3.8, 4) is 5.69 Å². The molecule has 0 saturated carbocycles. The Morgan fingerprint density at radius 2 is 1.90 bits per heavy atom. The molecule has 4 rings (SSSR count). The molecule has 2 aromatic carbocycles. The number of benzene rings is 2. The summed E-state index contributed by atoms with van der Waals surface area (Å²) in [4.78, 5) is 23.0. The molecule has 2 heterocycles. The Morgan fingerprint density at radius 1 is 1.13 bits per heavy atom. The molecule has 0 aliphatic rings. The second-order valence-electron chi connectivity index (χ2n) is 7.03. The average molecular weight is 439 g/mol. The van der Waals surface area contributed by atoms with E-state index in [0.29, 0.717) is 28.3 Å². The second-order valence-corrected chi connectivity index (χ2v) is 8.36. The summed E-state index contributed by atoms with van der Waals surface area (Å²) in [6.07, 6.45) is 3.05. The molecule has 6 nitrogen and oxygen atoms in total. The van der Waals surface area contributed by atoms with Gasteiger partial charge < -0.3 is 4.90 Å². The van der Waals surface area contributed by atoms with Gasteiger partial charge in [-0.15, -0.1) is 0 Å². The Balaban J connectivity index is 1.52. The minimum absolute atomic E-state index is 0.105. The van der Waals surface area contributed by atoms with Crippen LogP contribution in [0.15, 0.2) is 66.1 Å². The van der Waals surface area contributed by atoms with E-state index in [0.717, 1.165) is 5.56 Å². The van der Waals surface area contributed by atoms with Gasteiger partial charge in [0.1, 0.15) is 23.0 Å². The van der Waals surface area contributed by atoms with Gasteiger partial charge in [0.15, 0.2) is 5.65 Å². The predicted octanol–water partition coefficient (Wildman–Crippen LogP) is 4.23. The lowest BCUT2D eigenvalue weighted by Crippen LogP contribution is -2.32. The van der Waals surface area contributed by atoms with Crippen LogP contribution in [0.25, 0.3) is 16.7 Å². The van der Waals surface area contributed by atoms with Gasteiger partial charge in [-0.05, 0) is 48.9 Å². The molecule has 4 aromatic rings. The quantitative estimate of drug-likeness (QED) is 0.332. The van der Waals surface area contributed by atoms with Crippen LogP contribution < -0.4 is 0 Å². The first kappa shape index (κ1) is 20.9. The van der Waals surface area contributed by atoms with E-state index < -0.39 is 5.25 Å². The fraction of sp³-hybridized carbons (Fsp3) is 0.182. The number of aromatic nitrogens is 4. The van der Waals surface area contributed by atoms with Crippen molar-refractivity contribution in [1.82, 2.24) is 24.6 Å². The van der Waals surface area contributed by atoms with E-state index in [2.05, 4.69) is 15.1 Å². The molecule has 0 fully saturated rings. The summed E-state index contributed by atoms with van der Waals surface area (Å²) in [6.45, 7) is 2.11. The lowest BCUT2D eigenvalue weighted by molar-refractivity contribution is -0.129. The number of fused-ring (bicyclic) bond motifs is 1. The predicted molar refractivity (Wildman–Crippen MR) is 115 cm³/mol. The third-order valence-corrected chi connectivity index (χ3v) is 5.83. The number of hydrogen-bond acceptors (Lipinski definition) is 5. The van der Waals surface area contributed by atoms with Crippen molar-refractivity contribution in [2.45, 2.75) is 23.7 Å². The number of carbonyl (C=O) groups is 1. The van der Waals surface area contributed by atoms with E-state index >= 15 is 0 Å². The van der Waals surface area contributed by atoms with Gasteiger partial charge in [-0.3, -0.25) is 4.79 Å². The fourth-order valence-corrected chi connectivity index (χ4v) is 4.20. The first-order chi connectivity index (χ1) is 14.9. The van der Waals surface area contributed by atoms with Crippen LogP contribution in [-0.4, -0.2) is 42.9 Å². The van der Waals surface area contributed by atoms with Crippen molar-refractivity contribution in [3.05, 3.63) is 78.3 Å². The molecule has 9 heteroatoms. The summed E-state index contributed by atoms with van der Waals surface area (Å²) < 4.78 is 28.2. The zero-order valence-corrected chi connectivity index (χ0v) is 17.7. The minimum atomic E-state index is -0.425. The van der Waals surface area contributed by atoms with Gasteiger partial charge in [-0.1, -0.05) is 23.9 Å². The molecule has 0 radical (unpaired) electrons. The average Bonchev–Trinajstić information content (AvgIpc) is 3.19. The molecule has 0 N–H and O–H groups in total. The van der Waals surface area contributed by atoms with Crippen molar-refractivity contribution < 1.29 is 13.6 Å². The van der Waals surface area contributed by atoms with Crippen LogP contribution in [0.3, 0.4) is 0 Å². The van der Waals surface area contributed by atoms with Gasteiger partial charge in [0.2, 0.25) is 5.91 Å². The Morgan fingerprint density at radius 3 is 2.65 bits per heavy atom. The molecule has 0 saturated heterocycles. The number of rotatable bonds is 6. The first-order valence-electron chi connectivity index (χ1n) is 9.53. The number of thioether (sulfide) groups is 1. The van der Waals surface area contributed by atoms with Crippen molar-refractivity contribution in [3.63, 3.8) is 0 Å². The summed E-state index contributed by atoms with van der Waals surface area (Å²) in [5, 5.41) is 5.25. The zero-order valence-electron chi connectivity index (χ0n) is 16.9. The first-order valence-corrected chi connectivity index (χ1v) is 10.4. The topological polar surface area (TPSA) is 63.9 Å². The summed E-state index contributed by atoms with van der Waals surface area (Å²) in [6, 6.07) is 12.1. The highest BCUT2D eigenvalue weighted by molar-refractivity contribution is 8.00. The molecule has 1 amide bonds. The van der Waals surface area contributed by atoms with Gasteiger partial charge in [-0.2, -0.15) is 5.10 Å². The van der Waals surface area contributed by atoms with Crippen molar-refractivity contribution in [2.24, 2.45) is 0 Å². The van der Waals surface area contributed by atoms with Crippen LogP contribution in [0.2, 0.25) is 0 Å². The molecule has 0 spiro atoms. The van der Waals surface area contributed by atoms with Gasteiger partial charge in [0, 0.05) is 13.6 Å². The van der Waals surface area contributed by atoms with Crippen LogP contribution in [0.5, 0.6) is 0 Å². The third-order valence-electron chi connectivity index (χ3n) is 4.72. The highest BCUT2D eigenvalue weighted by Gasteiger charge is 2.22. The van der Waals surface area contributed by atoms with E-state index in [4.69, 9.17) is 0 Å². The third kappa shape index (κ3) is 4.56. The van der Waals surface area contributed by atoms with Crippen LogP contribution >= 0.6 is 11.8 Å². The highest BCUT2D eigenvalue weighted by Crippen LogP contribution is 2.29. The zero-order chi connectivity index (χ0) is 22.0. The molecular weight excluding hydrogens is 420 g/mol. The van der Waals surface area contributed by atoms with E-state index in [1.807, 2.05) is 0 Å². The minimum Gasteiger partial charge on any atom is -0.340 e. The SMILES string of the molecule is CC(Sc1ncnc2c1cnn2-c1ccc(F)cc1)C(=O)N(C)Cc1cccc(F)c1. The molecule has 0 aliphatic heterocycles. The van der Waals surface area contributed by atoms with Crippen molar-refractivity contribution in [2.75, 3.05) is 7.05 Å². The lowest BCUT2D eigenvalue weighted by atomic mass is 10.2. The Kier molecular flexibility index (Phi) is 5.94. The largest absolute Gasteiger partial charge is 0.340 e. The molecule has 1 unspecified atom stereocenters. The van der Waals surface area contributed by atoms with Crippen LogP contribution in [-0.2, 0) is 11.3 Å². The lowest BCUT2D eigenvalue weighted by Gasteiger charge is -2.21. The number of hydrogen-bond donors (Lipinski definition) is 0. The number of amides is 1. The molecule has 31 heavy (non-hydrogen) atoms. The van der Waals surface area contributed by atoms with Crippen molar-refractivity contribution >= 4 is 28.7 Å². The van der Waals surface area contributed by atoms with E-state index in [1.165, 1.54) is 42.4 Å². The van der Waals surface area contributed by atoms with Crippen LogP contribution in [0.1, 0.15) is 12.5 Å². The van der Waals surface area contributed by atoms with Gasteiger partial charge in [-0.25, -0.2) is 23.4 Å². The van der Waals surface area contributed by atoms with Crippen LogP contribution in [0.4, 0.5) is 8.78 Å². The summed E-state index contributed by atoms with van der Waals surface area (Å²) in [7, 11) is 1.69. The normalized spacial score (nSPS) is 12.1. The Bertz CT molecular complexity index is 1230. The smallest absolute Gasteiger partial charge is 0.235 e. The summed E-state index contributed by atoms with van der Waals surface area (Å²) >= 11 is 1.30. The highest BCUT2D eigenvalue weighted by atomic mass is 32.2.